The van der Waals surface area contributed by atoms with Crippen molar-refractivity contribution in [3.63, 3.8) is 0 Å². The van der Waals surface area contributed by atoms with Gasteiger partial charge >= 0.3 is 6.03 Å². The largest absolute Gasteiger partial charge is 0.333 e. The highest BCUT2D eigenvalue weighted by Crippen LogP contribution is 2.40. The zero-order valence-electron chi connectivity index (χ0n) is 16.2. The molecular weight excluding hydrogens is 365 g/mol. The molecule has 3 amide bonds. The molecule has 0 bridgehead atoms. The van der Waals surface area contributed by atoms with Crippen LogP contribution in [0.5, 0.6) is 0 Å². The Balaban J connectivity index is 1.58. The van der Waals surface area contributed by atoms with E-state index in [0.717, 1.165) is 12.8 Å². The molecule has 148 valence electrons. The van der Waals surface area contributed by atoms with Crippen LogP contribution in [-0.2, 0) is 4.79 Å². The zero-order valence-corrected chi connectivity index (χ0v) is 17.0. The molecule has 1 unspecified atom stereocenters. The Hall–Kier alpha value is -1.76. The van der Waals surface area contributed by atoms with E-state index in [9.17, 15) is 14.0 Å². The first-order valence-electron chi connectivity index (χ1n) is 9.47. The van der Waals surface area contributed by atoms with Gasteiger partial charge in [-0.05, 0) is 45.6 Å². The third-order valence-electron chi connectivity index (χ3n) is 4.98. The van der Waals surface area contributed by atoms with Crippen molar-refractivity contribution in [2.24, 2.45) is 5.92 Å². The number of amides is 3. The van der Waals surface area contributed by atoms with Crippen molar-refractivity contribution in [3.8, 4) is 0 Å². The summed E-state index contributed by atoms with van der Waals surface area (Å²) in [4.78, 5) is 28.3. The molecule has 5 nitrogen and oxygen atoms in total. The van der Waals surface area contributed by atoms with Crippen LogP contribution in [0.3, 0.4) is 0 Å². The molecule has 2 aliphatic heterocycles. The Morgan fingerprint density at radius 1 is 1.26 bits per heavy atom. The molecule has 0 aliphatic carbocycles. The summed E-state index contributed by atoms with van der Waals surface area (Å²) < 4.78 is 14.2. The number of piperidine rings is 1. The van der Waals surface area contributed by atoms with Gasteiger partial charge in [0.25, 0.3) is 0 Å². The fraction of sp³-hybridized carbons (Fsp3) is 0.600. The van der Waals surface area contributed by atoms with Gasteiger partial charge in [-0.1, -0.05) is 18.2 Å². The smallest absolute Gasteiger partial charge is 0.317 e. The fourth-order valence-electron chi connectivity index (χ4n) is 3.58. The molecule has 1 atom stereocenters. The minimum atomic E-state index is -0.261. The van der Waals surface area contributed by atoms with Crippen LogP contribution in [0, 0.1) is 11.7 Å². The lowest BCUT2D eigenvalue weighted by atomic mass is 9.96. The topological polar surface area (TPSA) is 52.7 Å². The summed E-state index contributed by atoms with van der Waals surface area (Å²) in [5.74, 6) is 0.538. The molecule has 0 saturated carbocycles. The van der Waals surface area contributed by atoms with Crippen molar-refractivity contribution >= 4 is 23.7 Å². The molecule has 0 radical (unpaired) electrons. The lowest BCUT2D eigenvalue weighted by Gasteiger charge is -2.36. The van der Waals surface area contributed by atoms with Gasteiger partial charge in [-0.3, -0.25) is 4.79 Å². The van der Waals surface area contributed by atoms with E-state index in [0.29, 0.717) is 36.9 Å². The van der Waals surface area contributed by atoms with Gasteiger partial charge in [-0.2, -0.15) is 0 Å². The number of nitrogens with one attached hydrogen (secondary N) is 1. The minimum Gasteiger partial charge on any atom is -0.333 e. The van der Waals surface area contributed by atoms with E-state index < -0.39 is 0 Å². The van der Waals surface area contributed by atoms with Gasteiger partial charge in [0.2, 0.25) is 5.91 Å². The minimum absolute atomic E-state index is 0.0296. The molecule has 7 heteroatoms. The molecule has 2 heterocycles. The van der Waals surface area contributed by atoms with Gasteiger partial charge in [0, 0.05) is 30.7 Å². The second-order valence-corrected chi connectivity index (χ2v) is 9.41. The monoisotopic (exact) mass is 393 g/mol. The highest BCUT2D eigenvalue weighted by Gasteiger charge is 2.36. The Morgan fingerprint density at radius 3 is 2.56 bits per heavy atom. The zero-order chi connectivity index (χ0) is 19.6. The number of carbonyl (C=O) groups excluding carboxylic acids is 2. The molecule has 1 aromatic carbocycles. The summed E-state index contributed by atoms with van der Waals surface area (Å²) in [5, 5.41) is 2.75. The summed E-state index contributed by atoms with van der Waals surface area (Å²) in [6.45, 7) is 7.91. The maximum Gasteiger partial charge on any atom is 0.317 e. The number of hydrogen-bond acceptors (Lipinski definition) is 3. The summed E-state index contributed by atoms with van der Waals surface area (Å²) in [6, 6.07) is 6.66. The van der Waals surface area contributed by atoms with E-state index in [1.807, 2.05) is 36.6 Å². The predicted molar refractivity (Wildman–Crippen MR) is 106 cm³/mol. The van der Waals surface area contributed by atoms with Gasteiger partial charge in [-0.15, -0.1) is 11.8 Å². The number of carbonyl (C=O) groups is 2. The van der Waals surface area contributed by atoms with Crippen LogP contribution < -0.4 is 5.32 Å². The summed E-state index contributed by atoms with van der Waals surface area (Å²) in [7, 11) is 0. The molecule has 2 saturated heterocycles. The average Bonchev–Trinajstić information content (AvgIpc) is 2.95. The summed E-state index contributed by atoms with van der Waals surface area (Å²) in [5.41, 5.74) is 0.329. The average molecular weight is 394 g/mol. The first kappa shape index (κ1) is 20.0. The van der Waals surface area contributed by atoms with Crippen LogP contribution in [0.4, 0.5) is 9.18 Å². The fourth-order valence-corrected chi connectivity index (χ4v) is 4.80. The lowest BCUT2D eigenvalue weighted by Crippen LogP contribution is -2.51. The first-order valence-corrected chi connectivity index (χ1v) is 10.5. The second-order valence-electron chi connectivity index (χ2n) is 8.34. The van der Waals surface area contributed by atoms with Crippen LogP contribution in [0.1, 0.15) is 44.6 Å². The Kier molecular flexibility index (Phi) is 5.99. The van der Waals surface area contributed by atoms with Crippen LogP contribution >= 0.6 is 11.8 Å². The van der Waals surface area contributed by atoms with E-state index >= 15 is 0 Å². The van der Waals surface area contributed by atoms with Gasteiger partial charge < -0.3 is 15.1 Å². The van der Waals surface area contributed by atoms with E-state index in [-0.39, 0.29) is 28.7 Å². The molecule has 2 aliphatic rings. The van der Waals surface area contributed by atoms with E-state index in [1.54, 1.807) is 12.1 Å². The normalized spacial score (nSPS) is 21.6. The van der Waals surface area contributed by atoms with Crippen molar-refractivity contribution in [2.75, 3.05) is 25.4 Å². The van der Waals surface area contributed by atoms with E-state index in [1.165, 1.54) is 17.8 Å². The van der Waals surface area contributed by atoms with Gasteiger partial charge in [-0.25, -0.2) is 9.18 Å². The highest BCUT2D eigenvalue weighted by atomic mass is 32.2. The molecule has 0 spiro atoms. The van der Waals surface area contributed by atoms with Crippen LogP contribution in [0.15, 0.2) is 24.3 Å². The van der Waals surface area contributed by atoms with Crippen LogP contribution in [0.25, 0.3) is 0 Å². The molecule has 0 aromatic heterocycles. The third kappa shape index (κ3) is 4.94. The third-order valence-corrected chi connectivity index (χ3v) is 6.22. The quantitative estimate of drug-likeness (QED) is 0.853. The Bertz CT molecular complexity index is 699. The molecule has 1 aromatic rings. The van der Waals surface area contributed by atoms with Gasteiger partial charge in [0.05, 0.1) is 5.75 Å². The molecule has 2 fully saturated rings. The van der Waals surface area contributed by atoms with E-state index in [4.69, 9.17) is 0 Å². The summed E-state index contributed by atoms with van der Waals surface area (Å²) >= 11 is 1.49. The van der Waals surface area contributed by atoms with E-state index in [2.05, 4.69) is 5.32 Å². The van der Waals surface area contributed by atoms with Crippen molar-refractivity contribution in [3.05, 3.63) is 35.6 Å². The second kappa shape index (κ2) is 8.09. The number of hydrogen-bond donors (Lipinski definition) is 1. The maximum absolute atomic E-state index is 14.2. The van der Waals surface area contributed by atoms with Crippen molar-refractivity contribution in [1.82, 2.24) is 15.1 Å². The Morgan fingerprint density at radius 2 is 1.93 bits per heavy atom. The Labute approximate surface area is 164 Å². The number of likely N-dealkylation sites (tertiary alicyclic amines) is 1. The van der Waals surface area contributed by atoms with Crippen LogP contribution in [-0.4, -0.2) is 52.7 Å². The number of thioether (sulfide) groups is 1. The number of rotatable bonds is 3. The lowest BCUT2D eigenvalue weighted by molar-refractivity contribution is -0.128. The van der Waals surface area contributed by atoms with Gasteiger partial charge in [0.1, 0.15) is 11.2 Å². The van der Waals surface area contributed by atoms with Crippen LogP contribution in [0.2, 0.25) is 0 Å². The maximum atomic E-state index is 14.2. The molecular formula is C20H28FN3O2S. The summed E-state index contributed by atoms with van der Waals surface area (Å²) in [6.07, 6.45) is 1.71. The number of nitrogens with zero attached hydrogens (tertiary/aromatic N) is 2. The van der Waals surface area contributed by atoms with Crippen molar-refractivity contribution in [1.29, 1.82) is 0 Å². The first-order chi connectivity index (χ1) is 12.7. The molecule has 27 heavy (non-hydrogen) atoms. The highest BCUT2D eigenvalue weighted by molar-refractivity contribution is 8.00. The SMILES string of the molecule is CC(C)(C)NC(=O)N1CCC(CN2C(=O)CSC2c2ccccc2F)CC1. The predicted octanol–water partition coefficient (Wildman–Crippen LogP) is 3.62. The number of halogens is 1. The van der Waals surface area contributed by atoms with Gasteiger partial charge in [0.15, 0.2) is 0 Å². The number of benzene rings is 1. The molecule has 3 rings (SSSR count). The molecule has 1 N–H and O–H groups in total. The van der Waals surface area contributed by atoms with Crippen molar-refractivity contribution in [2.45, 2.75) is 44.5 Å². The standard InChI is InChI=1S/C20H28FN3O2S/c1-20(2,3)22-19(26)23-10-8-14(9-11-23)12-24-17(25)13-27-18(24)15-6-4-5-7-16(15)21/h4-7,14,18H,8-13H2,1-3H3,(H,22,26). The number of urea groups is 1. The van der Waals surface area contributed by atoms with Crippen molar-refractivity contribution < 1.29 is 14.0 Å².